The van der Waals surface area contributed by atoms with Gasteiger partial charge in [-0.15, -0.1) is 0 Å². The average molecular weight is 276 g/mol. The van der Waals surface area contributed by atoms with E-state index in [-0.39, 0.29) is 28.8 Å². The van der Waals surface area contributed by atoms with E-state index in [9.17, 15) is 9.59 Å². The summed E-state index contributed by atoms with van der Waals surface area (Å²) in [6.45, 7) is 1.33. The molecule has 0 spiro atoms. The van der Waals surface area contributed by atoms with Crippen molar-refractivity contribution in [3.05, 3.63) is 52.4 Å². The normalized spacial score (nSPS) is 10.2. The second-order valence-electron chi connectivity index (χ2n) is 3.88. The van der Waals surface area contributed by atoms with Crippen molar-refractivity contribution in [1.82, 2.24) is 9.97 Å². The number of Topliss-reactive ketones (excluding diaryl/α,β-unsaturated/α-hetero) is 1. The molecule has 0 saturated heterocycles. The number of aromatic nitrogens is 2. The largest absolute Gasteiger partial charge is 0.383 e. The fourth-order valence-corrected chi connectivity index (χ4v) is 1.62. The van der Waals surface area contributed by atoms with Crippen LogP contribution in [0.15, 0.2) is 30.5 Å². The minimum Gasteiger partial charge on any atom is -0.383 e. The Bertz CT molecular complexity index is 653. The van der Waals surface area contributed by atoms with Crippen LogP contribution in [-0.2, 0) is 0 Å². The standard InChI is InChI=1S/C13H10ClN3O2/c1-7(18)13-16-6-10(12(15)17-13)11(19)8-2-4-9(14)5-3-8/h2-6H,1H3,(H2,15,16,17). The lowest BCUT2D eigenvalue weighted by Gasteiger charge is -2.05. The number of ketones is 2. The topological polar surface area (TPSA) is 85.9 Å². The molecule has 1 aromatic heterocycles. The van der Waals surface area contributed by atoms with Crippen LogP contribution in [-0.4, -0.2) is 21.5 Å². The molecule has 1 aromatic carbocycles. The third-order valence-corrected chi connectivity index (χ3v) is 2.74. The third-order valence-electron chi connectivity index (χ3n) is 2.48. The van der Waals surface area contributed by atoms with Gasteiger partial charge in [0.25, 0.3) is 0 Å². The van der Waals surface area contributed by atoms with Gasteiger partial charge in [-0.2, -0.15) is 0 Å². The fraction of sp³-hybridized carbons (Fsp3) is 0.0769. The summed E-state index contributed by atoms with van der Waals surface area (Å²) < 4.78 is 0. The number of carbonyl (C=O) groups is 2. The van der Waals surface area contributed by atoms with Crippen LogP contribution in [0.5, 0.6) is 0 Å². The predicted octanol–water partition coefficient (Wildman–Crippen LogP) is 2.15. The summed E-state index contributed by atoms with van der Waals surface area (Å²) in [5.41, 5.74) is 6.26. The molecule has 5 nitrogen and oxygen atoms in total. The van der Waals surface area contributed by atoms with E-state index in [1.165, 1.54) is 13.1 Å². The van der Waals surface area contributed by atoms with Crippen molar-refractivity contribution in [3.63, 3.8) is 0 Å². The quantitative estimate of drug-likeness (QED) is 0.867. The summed E-state index contributed by atoms with van der Waals surface area (Å²) in [5, 5.41) is 0.535. The maximum atomic E-state index is 12.2. The zero-order valence-electron chi connectivity index (χ0n) is 10.1. The molecule has 2 aromatic rings. The lowest BCUT2D eigenvalue weighted by atomic mass is 10.1. The van der Waals surface area contributed by atoms with Gasteiger partial charge in [0, 0.05) is 23.7 Å². The molecule has 19 heavy (non-hydrogen) atoms. The lowest BCUT2D eigenvalue weighted by molar-refractivity contribution is 0.0998. The Labute approximate surface area is 114 Å². The van der Waals surface area contributed by atoms with Crippen LogP contribution in [0.2, 0.25) is 5.02 Å². The van der Waals surface area contributed by atoms with Crippen LogP contribution < -0.4 is 5.73 Å². The zero-order valence-corrected chi connectivity index (χ0v) is 10.8. The molecule has 0 radical (unpaired) electrons. The molecule has 6 heteroatoms. The SMILES string of the molecule is CC(=O)c1ncc(C(=O)c2ccc(Cl)cc2)c(N)n1. The maximum absolute atomic E-state index is 12.2. The summed E-state index contributed by atoms with van der Waals surface area (Å²) in [5.74, 6) is -0.647. The Morgan fingerprint density at radius 1 is 1.21 bits per heavy atom. The van der Waals surface area contributed by atoms with E-state index in [2.05, 4.69) is 9.97 Å². The lowest BCUT2D eigenvalue weighted by Crippen LogP contribution is -2.11. The molecule has 0 amide bonds. The second kappa shape index (κ2) is 5.16. The number of hydrogen-bond donors (Lipinski definition) is 1. The Kier molecular flexibility index (Phi) is 3.57. The minimum atomic E-state index is -0.315. The van der Waals surface area contributed by atoms with Gasteiger partial charge in [0.05, 0.1) is 5.56 Å². The van der Waals surface area contributed by atoms with Gasteiger partial charge in [-0.25, -0.2) is 9.97 Å². The van der Waals surface area contributed by atoms with Gasteiger partial charge in [-0.3, -0.25) is 9.59 Å². The Morgan fingerprint density at radius 3 is 2.37 bits per heavy atom. The predicted molar refractivity (Wildman–Crippen MR) is 71.3 cm³/mol. The molecular weight excluding hydrogens is 266 g/mol. The van der Waals surface area contributed by atoms with Gasteiger partial charge >= 0.3 is 0 Å². The number of anilines is 1. The summed E-state index contributed by atoms with van der Waals surface area (Å²) in [6.07, 6.45) is 1.26. The van der Waals surface area contributed by atoms with E-state index in [0.717, 1.165) is 0 Å². The van der Waals surface area contributed by atoms with E-state index in [1.807, 2.05) is 0 Å². The van der Waals surface area contributed by atoms with Crippen LogP contribution in [0.3, 0.4) is 0 Å². The first kappa shape index (κ1) is 13.2. The van der Waals surface area contributed by atoms with Gasteiger partial charge in [0.15, 0.2) is 17.4 Å². The first-order valence-electron chi connectivity index (χ1n) is 5.42. The molecule has 0 unspecified atom stereocenters. The van der Waals surface area contributed by atoms with Crippen molar-refractivity contribution in [2.75, 3.05) is 5.73 Å². The minimum absolute atomic E-state index is 0.00911. The van der Waals surface area contributed by atoms with Crippen molar-refractivity contribution >= 4 is 29.0 Å². The monoisotopic (exact) mass is 275 g/mol. The highest BCUT2D eigenvalue weighted by Gasteiger charge is 2.15. The molecule has 1 heterocycles. The summed E-state index contributed by atoms with van der Waals surface area (Å²) >= 11 is 5.75. The first-order chi connectivity index (χ1) is 8.99. The molecule has 2 rings (SSSR count). The van der Waals surface area contributed by atoms with E-state index in [1.54, 1.807) is 24.3 Å². The van der Waals surface area contributed by atoms with Crippen molar-refractivity contribution in [1.29, 1.82) is 0 Å². The number of benzene rings is 1. The number of halogens is 1. The highest BCUT2D eigenvalue weighted by Crippen LogP contribution is 2.16. The van der Waals surface area contributed by atoms with Gasteiger partial charge in [-0.1, -0.05) is 11.6 Å². The first-order valence-corrected chi connectivity index (χ1v) is 5.80. The summed E-state index contributed by atoms with van der Waals surface area (Å²) in [4.78, 5) is 30.9. The van der Waals surface area contributed by atoms with E-state index < -0.39 is 0 Å². The van der Waals surface area contributed by atoms with E-state index >= 15 is 0 Å². The highest BCUT2D eigenvalue weighted by molar-refractivity contribution is 6.30. The number of hydrogen-bond acceptors (Lipinski definition) is 5. The molecule has 0 bridgehead atoms. The summed E-state index contributed by atoms with van der Waals surface area (Å²) in [6, 6.07) is 6.39. The number of nitrogen functional groups attached to an aromatic ring is 1. The van der Waals surface area contributed by atoms with Gasteiger partial charge < -0.3 is 5.73 Å². The number of nitrogens with two attached hydrogens (primary N) is 1. The number of nitrogens with zero attached hydrogens (tertiary/aromatic N) is 2. The molecule has 96 valence electrons. The van der Waals surface area contributed by atoms with E-state index in [0.29, 0.717) is 10.6 Å². The molecule has 2 N–H and O–H groups in total. The molecule has 0 aliphatic carbocycles. The Balaban J connectivity index is 2.39. The third kappa shape index (κ3) is 2.77. The maximum Gasteiger partial charge on any atom is 0.198 e. The van der Waals surface area contributed by atoms with Crippen molar-refractivity contribution < 1.29 is 9.59 Å². The average Bonchev–Trinajstić information content (AvgIpc) is 2.38. The molecule has 0 aliphatic rings. The van der Waals surface area contributed by atoms with Crippen LogP contribution >= 0.6 is 11.6 Å². The number of rotatable bonds is 3. The van der Waals surface area contributed by atoms with Crippen molar-refractivity contribution in [2.24, 2.45) is 0 Å². The second-order valence-corrected chi connectivity index (χ2v) is 4.32. The molecule has 0 atom stereocenters. The van der Waals surface area contributed by atoms with Gasteiger partial charge in [-0.05, 0) is 24.3 Å². The van der Waals surface area contributed by atoms with Crippen LogP contribution in [0.1, 0.15) is 33.5 Å². The smallest absolute Gasteiger partial charge is 0.198 e. The molecular formula is C13H10ClN3O2. The van der Waals surface area contributed by atoms with Crippen LogP contribution in [0.4, 0.5) is 5.82 Å². The molecule has 0 saturated carbocycles. The number of carbonyl (C=O) groups excluding carboxylic acids is 2. The van der Waals surface area contributed by atoms with Crippen LogP contribution in [0.25, 0.3) is 0 Å². The van der Waals surface area contributed by atoms with E-state index in [4.69, 9.17) is 17.3 Å². The van der Waals surface area contributed by atoms with Gasteiger partial charge in [0.2, 0.25) is 0 Å². The van der Waals surface area contributed by atoms with Crippen LogP contribution in [0, 0.1) is 0 Å². The highest BCUT2D eigenvalue weighted by atomic mass is 35.5. The van der Waals surface area contributed by atoms with Crippen molar-refractivity contribution in [2.45, 2.75) is 6.92 Å². The molecule has 0 aliphatic heterocycles. The Morgan fingerprint density at radius 2 is 1.84 bits per heavy atom. The fourth-order valence-electron chi connectivity index (χ4n) is 1.50. The Hall–Kier alpha value is -2.27. The van der Waals surface area contributed by atoms with Crippen molar-refractivity contribution in [3.8, 4) is 0 Å². The zero-order chi connectivity index (χ0) is 14.0. The molecule has 0 fully saturated rings. The van der Waals surface area contributed by atoms with Gasteiger partial charge in [0.1, 0.15) is 5.82 Å². The summed E-state index contributed by atoms with van der Waals surface area (Å²) in [7, 11) is 0.